The standard InChI is InChI=1S/C26H28N6O2/c1-14-12-19(17(4)30-21-11-10-15(2)29-22(21)26(27)31-32-28)25-20(13-14)23(33)16(3)24(34-25)18-8-6-5-7-9-18/h5-13,17,30,32H,28H2,1-4H3,(H2,27,31). The molecule has 8 heteroatoms. The van der Waals surface area contributed by atoms with Gasteiger partial charge in [-0.15, -0.1) is 5.10 Å². The van der Waals surface area contributed by atoms with Gasteiger partial charge in [0.15, 0.2) is 11.3 Å². The summed E-state index contributed by atoms with van der Waals surface area (Å²) >= 11 is 0. The van der Waals surface area contributed by atoms with Crippen molar-refractivity contribution in [3.8, 4) is 11.3 Å². The van der Waals surface area contributed by atoms with Crippen LogP contribution < -0.4 is 27.9 Å². The number of anilines is 1. The highest BCUT2D eigenvalue weighted by Gasteiger charge is 2.20. The van der Waals surface area contributed by atoms with Gasteiger partial charge in [-0.05, 0) is 51.5 Å². The molecule has 0 fully saturated rings. The van der Waals surface area contributed by atoms with Gasteiger partial charge in [0.1, 0.15) is 17.0 Å². The molecule has 34 heavy (non-hydrogen) atoms. The van der Waals surface area contributed by atoms with Gasteiger partial charge in [-0.2, -0.15) is 0 Å². The molecule has 0 saturated carbocycles. The molecule has 0 spiro atoms. The summed E-state index contributed by atoms with van der Waals surface area (Å²) in [7, 11) is 0. The van der Waals surface area contributed by atoms with Crippen molar-refractivity contribution < 1.29 is 4.42 Å². The third-order valence-corrected chi connectivity index (χ3v) is 5.73. The summed E-state index contributed by atoms with van der Waals surface area (Å²) < 4.78 is 6.41. The van der Waals surface area contributed by atoms with Gasteiger partial charge >= 0.3 is 0 Å². The van der Waals surface area contributed by atoms with Gasteiger partial charge in [0.05, 0.1) is 17.1 Å². The molecule has 0 aliphatic heterocycles. The topological polar surface area (TPSA) is 132 Å². The van der Waals surface area contributed by atoms with Crippen LogP contribution in [0, 0.1) is 20.8 Å². The lowest BCUT2D eigenvalue weighted by Gasteiger charge is -2.20. The first-order chi connectivity index (χ1) is 16.3. The van der Waals surface area contributed by atoms with Gasteiger partial charge in [-0.3, -0.25) is 4.79 Å². The Balaban J connectivity index is 1.86. The molecule has 0 amide bonds. The number of hydrogen-bond donors (Lipinski definition) is 4. The van der Waals surface area contributed by atoms with Gasteiger partial charge in [0.25, 0.3) is 0 Å². The average Bonchev–Trinajstić information content (AvgIpc) is 2.83. The summed E-state index contributed by atoms with van der Waals surface area (Å²) in [6.07, 6.45) is 0. The van der Waals surface area contributed by atoms with Crippen molar-refractivity contribution in [3.63, 3.8) is 0 Å². The molecule has 1 atom stereocenters. The van der Waals surface area contributed by atoms with Crippen LogP contribution in [0.2, 0.25) is 0 Å². The number of nitrogens with two attached hydrogens (primary N) is 2. The second-order valence-electron chi connectivity index (χ2n) is 8.32. The van der Waals surface area contributed by atoms with Crippen LogP contribution in [0.25, 0.3) is 22.3 Å². The Hall–Kier alpha value is -4.17. The Morgan fingerprint density at radius 2 is 1.82 bits per heavy atom. The quantitative estimate of drug-likeness (QED) is 0.149. The molecule has 6 N–H and O–H groups in total. The predicted molar refractivity (Wildman–Crippen MR) is 136 cm³/mol. The number of nitrogens with one attached hydrogen (secondary N) is 2. The number of aryl methyl sites for hydroxylation is 2. The first-order valence-corrected chi connectivity index (χ1v) is 11.0. The molecule has 0 bridgehead atoms. The number of rotatable bonds is 6. The maximum atomic E-state index is 13.3. The van der Waals surface area contributed by atoms with E-state index in [4.69, 9.17) is 16.0 Å². The van der Waals surface area contributed by atoms with E-state index in [-0.39, 0.29) is 17.3 Å². The van der Waals surface area contributed by atoms with Crippen molar-refractivity contribution in [1.29, 1.82) is 0 Å². The number of hydrazine groups is 1. The van der Waals surface area contributed by atoms with Crippen LogP contribution in [0.5, 0.6) is 0 Å². The maximum Gasteiger partial charge on any atom is 0.196 e. The zero-order valence-corrected chi connectivity index (χ0v) is 19.6. The molecule has 0 saturated heterocycles. The zero-order chi connectivity index (χ0) is 24.4. The minimum Gasteiger partial charge on any atom is -0.455 e. The van der Waals surface area contributed by atoms with E-state index in [0.29, 0.717) is 33.7 Å². The van der Waals surface area contributed by atoms with Crippen LogP contribution in [0.15, 0.2) is 68.9 Å². The number of benzene rings is 2. The molecule has 8 nitrogen and oxygen atoms in total. The largest absolute Gasteiger partial charge is 0.455 e. The summed E-state index contributed by atoms with van der Waals surface area (Å²) in [6.45, 7) is 7.63. The molecule has 2 heterocycles. The molecule has 4 rings (SSSR count). The number of pyridine rings is 1. The fourth-order valence-electron chi connectivity index (χ4n) is 4.06. The fraction of sp³-hybridized carbons (Fsp3) is 0.192. The highest BCUT2D eigenvalue weighted by Crippen LogP contribution is 2.32. The summed E-state index contributed by atoms with van der Waals surface area (Å²) in [5.74, 6) is 6.03. The van der Waals surface area contributed by atoms with E-state index in [0.717, 1.165) is 22.4 Å². The normalized spacial score (nSPS) is 12.6. The Morgan fingerprint density at radius 1 is 1.09 bits per heavy atom. The Kier molecular flexibility index (Phi) is 6.34. The van der Waals surface area contributed by atoms with Crippen LogP contribution in [-0.4, -0.2) is 10.8 Å². The Bertz CT molecular complexity index is 1440. The van der Waals surface area contributed by atoms with E-state index in [9.17, 15) is 4.79 Å². The highest BCUT2D eigenvalue weighted by atomic mass is 16.3. The molecular weight excluding hydrogens is 428 g/mol. The van der Waals surface area contributed by atoms with Gasteiger partial charge in [-0.25, -0.2) is 16.4 Å². The first kappa shape index (κ1) is 23.0. The van der Waals surface area contributed by atoms with Crippen LogP contribution >= 0.6 is 0 Å². The van der Waals surface area contributed by atoms with Gasteiger partial charge in [-0.1, -0.05) is 36.4 Å². The molecule has 0 aliphatic carbocycles. The molecule has 2 aromatic carbocycles. The Labute approximate surface area is 197 Å². The lowest BCUT2D eigenvalue weighted by Crippen LogP contribution is -2.25. The van der Waals surface area contributed by atoms with Gasteiger partial charge in [0.2, 0.25) is 0 Å². The number of hydrazone groups is 1. The van der Waals surface area contributed by atoms with E-state index in [2.05, 4.69) is 20.9 Å². The van der Waals surface area contributed by atoms with Crippen LogP contribution in [0.4, 0.5) is 5.69 Å². The number of hydrogen-bond acceptors (Lipinski definition) is 7. The van der Waals surface area contributed by atoms with Crippen LogP contribution in [0.3, 0.4) is 0 Å². The lowest BCUT2D eigenvalue weighted by molar-refractivity contribution is 0.605. The van der Waals surface area contributed by atoms with E-state index >= 15 is 0 Å². The van der Waals surface area contributed by atoms with E-state index < -0.39 is 0 Å². The van der Waals surface area contributed by atoms with Gasteiger partial charge in [0, 0.05) is 22.4 Å². The van der Waals surface area contributed by atoms with Crippen molar-refractivity contribution in [2.24, 2.45) is 16.7 Å². The number of aromatic nitrogens is 1. The monoisotopic (exact) mass is 456 g/mol. The highest BCUT2D eigenvalue weighted by molar-refractivity contribution is 6.00. The number of fused-ring (bicyclic) bond motifs is 1. The third-order valence-electron chi connectivity index (χ3n) is 5.73. The summed E-state index contributed by atoms with van der Waals surface area (Å²) in [6, 6.07) is 17.1. The molecule has 174 valence electrons. The molecule has 4 aromatic rings. The van der Waals surface area contributed by atoms with E-state index in [1.54, 1.807) is 6.92 Å². The van der Waals surface area contributed by atoms with E-state index in [1.165, 1.54) is 0 Å². The number of nitrogens with zero attached hydrogens (tertiary/aromatic N) is 2. The molecule has 1 unspecified atom stereocenters. The first-order valence-electron chi connectivity index (χ1n) is 11.0. The van der Waals surface area contributed by atoms with Crippen LogP contribution in [-0.2, 0) is 0 Å². The second-order valence-corrected chi connectivity index (χ2v) is 8.32. The molecule has 0 radical (unpaired) electrons. The van der Waals surface area contributed by atoms with Crippen molar-refractivity contribution in [2.75, 3.05) is 5.32 Å². The minimum absolute atomic E-state index is 0.0413. The maximum absolute atomic E-state index is 13.3. The number of amidine groups is 1. The van der Waals surface area contributed by atoms with Crippen molar-refractivity contribution >= 4 is 22.5 Å². The molecular formula is C26H28N6O2. The summed E-state index contributed by atoms with van der Waals surface area (Å²) in [5.41, 5.74) is 14.0. The third kappa shape index (κ3) is 4.35. The van der Waals surface area contributed by atoms with Crippen LogP contribution in [0.1, 0.15) is 41.0 Å². The molecule has 0 aliphatic rings. The average molecular weight is 457 g/mol. The smallest absolute Gasteiger partial charge is 0.196 e. The fourth-order valence-corrected chi connectivity index (χ4v) is 4.06. The van der Waals surface area contributed by atoms with E-state index in [1.807, 2.05) is 75.4 Å². The zero-order valence-electron chi connectivity index (χ0n) is 19.6. The van der Waals surface area contributed by atoms with Crippen molar-refractivity contribution in [1.82, 2.24) is 10.5 Å². The minimum atomic E-state index is -0.237. The lowest BCUT2D eigenvalue weighted by atomic mass is 9.98. The Morgan fingerprint density at radius 3 is 2.53 bits per heavy atom. The van der Waals surface area contributed by atoms with Crippen molar-refractivity contribution in [3.05, 3.63) is 92.9 Å². The summed E-state index contributed by atoms with van der Waals surface area (Å²) in [5, 5.41) is 7.87. The van der Waals surface area contributed by atoms with Crippen molar-refractivity contribution in [2.45, 2.75) is 33.7 Å². The van der Waals surface area contributed by atoms with Gasteiger partial charge < -0.3 is 15.5 Å². The predicted octanol–water partition coefficient (Wildman–Crippen LogP) is 4.04. The molecule has 2 aromatic heterocycles. The SMILES string of the molecule is Cc1cc(C(C)Nc2ccc(C)nc2/C(N)=N/NN)c2oc(-c3ccccc3)c(C)c(=O)c2c1. The summed E-state index contributed by atoms with van der Waals surface area (Å²) in [4.78, 5) is 17.8. The second kappa shape index (κ2) is 9.36.